The third-order valence-electron chi connectivity index (χ3n) is 4.72. The molecule has 2 aromatic rings. The van der Waals surface area contributed by atoms with Gasteiger partial charge in [-0.2, -0.15) is 13.8 Å². The largest absolute Gasteiger partial charge is 0.333 e. The number of aromatic nitrogens is 1. The summed E-state index contributed by atoms with van der Waals surface area (Å²) < 4.78 is 39.9. The van der Waals surface area contributed by atoms with Gasteiger partial charge in [-0.05, 0) is 43.7 Å². The van der Waals surface area contributed by atoms with Crippen LogP contribution in [0.4, 0.5) is 13.2 Å². The molecule has 1 aromatic heterocycles. The van der Waals surface area contributed by atoms with Crippen LogP contribution in [0.2, 0.25) is 0 Å². The zero-order valence-corrected chi connectivity index (χ0v) is 14.6. The van der Waals surface area contributed by atoms with Crippen LogP contribution >= 0.6 is 0 Å². The van der Waals surface area contributed by atoms with Gasteiger partial charge in [0.25, 0.3) is 5.91 Å². The van der Waals surface area contributed by atoms with Crippen LogP contribution in [0.5, 0.6) is 0 Å². The van der Waals surface area contributed by atoms with Crippen molar-refractivity contribution >= 4 is 5.91 Å². The molecule has 0 spiro atoms. The van der Waals surface area contributed by atoms with Crippen LogP contribution in [0.3, 0.4) is 0 Å². The van der Waals surface area contributed by atoms with Crippen molar-refractivity contribution < 1.29 is 18.0 Å². The Morgan fingerprint density at radius 3 is 2.38 bits per heavy atom. The summed E-state index contributed by atoms with van der Waals surface area (Å²) in [5.74, 6) is -2.82. The van der Waals surface area contributed by atoms with Gasteiger partial charge in [-0.1, -0.05) is 12.1 Å². The number of carbonyl (C=O) groups is 1. The van der Waals surface area contributed by atoms with E-state index in [2.05, 4.69) is 9.88 Å². The zero-order chi connectivity index (χ0) is 18.8. The highest BCUT2D eigenvalue weighted by Crippen LogP contribution is 2.21. The predicted molar refractivity (Wildman–Crippen MR) is 90.9 cm³/mol. The number of halogens is 3. The fourth-order valence-corrected chi connectivity index (χ4v) is 3.25. The molecule has 4 nitrogen and oxygen atoms in total. The van der Waals surface area contributed by atoms with Gasteiger partial charge in [-0.3, -0.25) is 9.69 Å². The number of benzene rings is 1. The summed E-state index contributed by atoms with van der Waals surface area (Å²) in [6, 6.07) is 8.33. The molecule has 1 saturated heterocycles. The Morgan fingerprint density at radius 2 is 1.73 bits per heavy atom. The minimum Gasteiger partial charge on any atom is -0.333 e. The second-order valence-electron chi connectivity index (χ2n) is 6.68. The van der Waals surface area contributed by atoms with Gasteiger partial charge < -0.3 is 4.90 Å². The molecule has 1 amide bonds. The summed E-state index contributed by atoms with van der Waals surface area (Å²) >= 11 is 0. The quantitative estimate of drug-likeness (QED) is 0.786. The molecule has 1 unspecified atom stereocenters. The summed E-state index contributed by atoms with van der Waals surface area (Å²) in [6.07, 6.45) is 0. The molecule has 1 aromatic carbocycles. The first kappa shape index (κ1) is 18.4. The highest BCUT2D eigenvalue weighted by Gasteiger charge is 2.33. The van der Waals surface area contributed by atoms with Gasteiger partial charge >= 0.3 is 0 Å². The van der Waals surface area contributed by atoms with E-state index in [1.165, 1.54) is 12.1 Å². The van der Waals surface area contributed by atoms with Gasteiger partial charge in [0.2, 0.25) is 11.9 Å². The highest BCUT2D eigenvalue weighted by atomic mass is 19.1. The third kappa shape index (κ3) is 3.88. The Morgan fingerprint density at radius 1 is 1.04 bits per heavy atom. The molecule has 0 bridgehead atoms. The van der Waals surface area contributed by atoms with Gasteiger partial charge in [0.15, 0.2) is 0 Å². The molecule has 3 rings (SSSR count). The molecule has 26 heavy (non-hydrogen) atoms. The molecular weight excluding hydrogens is 343 g/mol. The number of carbonyl (C=O) groups excluding carboxylic acids is 1. The van der Waals surface area contributed by atoms with Gasteiger partial charge in [-0.15, -0.1) is 0 Å². The SMILES string of the molecule is CC1CN(Cc2ccc(F)cc2)[C@@H](C)CN1C(=O)c1ccc(F)nc1F. The number of piperazine rings is 1. The van der Waals surface area contributed by atoms with E-state index in [0.717, 1.165) is 17.7 Å². The maximum Gasteiger partial charge on any atom is 0.258 e. The van der Waals surface area contributed by atoms with Crippen LogP contribution in [0.1, 0.15) is 29.8 Å². The standard InChI is InChI=1S/C19H20F3N3O/c1-12-10-25(19(26)16-7-8-17(21)23-18(16)22)13(2)9-24(12)11-14-3-5-15(20)6-4-14/h3-8,12-13H,9-11H2,1-2H3/t12-,13?/m0/s1. The Bertz CT molecular complexity index is 797. The number of nitrogens with zero attached hydrogens (tertiary/aromatic N) is 3. The first-order chi connectivity index (χ1) is 12.3. The van der Waals surface area contributed by atoms with Crippen molar-refractivity contribution in [2.24, 2.45) is 0 Å². The molecule has 2 heterocycles. The van der Waals surface area contributed by atoms with Gasteiger partial charge in [0.1, 0.15) is 5.82 Å². The highest BCUT2D eigenvalue weighted by molar-refractivity contribution is 5.94. The van der Waals surface area contributed by atoms with E-state index in [-0.39, 0.29) is 23.5 Å². The summed E-state index contributed by atoms with van der Waals surface area (Å²) in [7, 11) is 0. The average Bonchev–Trinajstić information content (AvgIpc) is 2.59. The number of hydrogen-bond donors (Lipinski definition) is 0. The molecule has 0 radical (unpaired) electrons. The van der Waals surface area contributed by atoms with Gasteiger partial charge in [-0.25, -0.2) is 4.39 Å². The average molecular weight is 363 g/mol. The van der Waals surface area contributed by atoms with Crippen molar-refractivity contribution in [2.75, 3.05) is 13.1 Å². The monoisotopic (exact) mass is 363 g/mol. The van der Waals surface area contributed by atoms with Crippen molar-refractivity contribution in [3.05, 3.63) is 65.2 Å². The number of rotatable bonds is 3. The maximum absolute atomic E-state index is 13.8. The number of amides is 1. The zero-order valence-electron chi connectivity index (χ0n) is 14.6. The molecule has 7 heteroatoms. The number of hydrogen-bond acceptors (Lipinski definition) is 3. The summed E-state index contributed by atoms with van der Waals surface area (Å²) in [4.78, 5) is 19.5. The Kier molecular flexibility index (Phi) is 5.27. The molecule has 1 aliphatic heterocycles. The van der Waals surface area contributed by atoms with Crippen LogP contribution in [0.15, 0.2) is 36.4 Å². The Balaban J connectivity index is 1.71. The molecule has 2 atom stereocenters. The van der Waals surface area contributed by atoms with E-state index in [4.69, 9.17) is 0 Å². The van der Waals surface area contributed by atoms with Crippen molar-refractivity contribution in [1.29, 1.82) is 0 Å². The molecule has 138 valence electrons. The second-order valence-corrected chi connectivity index (χ2v) is 6.68. The Hall–Kier alpha value is -2.41. The second kappa shape index (κ2) is 7.45. The van der Waals surface area contributed by atoms with Crippen LogP contribution in [-0.4, -0.2) is 45.9 Å². The molecule has 1 fully saturated rings. The van der Waals surface area contributed by atoms with E-state index in [1.54, 1.807) is 17.0 Å². The molecule has 0 saturated carbocycles. The Labute approximate surface area is 150 Å². The van der Waals surface area contributed by atoms with Crippen molar-refractivity contribution in [3.63, 3.8) is 0 Å². The predicted octanol–water partition coefficient (Wildman–Crippen LogP) is 3.23. The van der Waals surface area contributed by atoms with E-state index in [9.17, 15) is 18.0 Å². The lowest BCUT2D eigenvalue weighted by Gasteiger charge is -2.44. The van der Waals surface area contributed by atoms with Gasteiger partial charge in [0, 0.05) is 31.7 Å². The van der Waals surface area contributed by atoms with Crippen molar-refractivity contribution in [2.45, 2.75) is 32.5 Å². The molecule has 0 aliphatic carbocycles. The maximum atomic E-state index is 13.8. The fraction of sp³-hybridized carbons (Fsp3) is 0.368. The van der Waals surface area contributed by atoms with Crippen LogP contribution in [0.25, 0.3) is 0 Å². The summed E-state index contributed by atoms with van der Waals surface area (Å²) in [6.45, 7) is 5.52. The fourth-order valence-electron chi connectivity index (χ4n) is 3.25. The third-order valence-corrected chi connectivity index (χ3v) is 4.72. The number of pyridine rings is 1. The van der Waals surface area contributed by atoms with Crippen molar-refractivity contribution in [1.82, 2.24) is 14.8 Å². The normalized spacial score (nSPS) is 21.0. The van der Waals surface area contributed by atoms with Crippen molar-refractivity contribution in [3.8, 4) is 0 Å². The topological polar surface area (TPSA) is 36.4 Å². The summed E-state index contributed by atoms with van der Waals surface area (Å²) in [5.41, 5.74) is 0.761. The smallest absolute Gasteiger partial charge is 0.258 e. The molecular formula is C19H20F3N3O. The van der Waals surface area contributed by atoms with Crippen LogP contribution in [0, 0.1) is 17.7 Å². The lowest BCUT2D eigenvalue weighted by atomic mass is 10.1. The van der Waals surface area contributed by atoms with E-state index >= 15 is 0 Å². The minimum absolute atomic E-state index is 0.0386. The van der Waals surface area contributed by atoms with E-state index in [1.807, 2.05) is 13.8 Å². The molecule has 0 N–H and O–H groups in total. The van der Waals surface area contributed by atoms with Crippen LogP contribution in [-0.2, 0) is 6.54 Å². The van der Waals surface area contributed by atoms with E-state index < -0.39 is 17.8 Å². The van der Waals surface area contributed by atoms with E-state index in [0.29, 0.717) is 19.6 Å². The first-order valence-corrected chi connectivity index (χ1v) is 8.46. The lowest BCUT2D eigenvalue weighted by Crippen LogP contribution is -2.57. The summed E-state index contributed by atoms with van der Waals surface area (Å²) in [5, 5.41) is 0. The first-order valence-electron chi connectivity index (χ1n) is 8.46. The lowest BCUT2D eigenvalue weighted by molar-refractivity contribution is 0.0286. The van der Waals surface area contributed by atoms with Crippen LogP contribution < -0.4 is 0 Å². The van der Waals surface area contributed by atoms with Gasteiger partial charge in [0.05, 0.1) is 5.56 Å². The minimum atomic E-state index is -1.09. The molecule has 1 aliphatic rings.